The van der Waals surface area contributed by atoms with Crippen LogP contribution in [0.4, 0.5) is 0 Å². The van der Waals surface area contributed by atoms with Crippen LogP contribution in [0.5, 0.6) is 5.75 Å². The van der Waals surface area contributed by atoms with Gasteiger partial charge in [0.1, 0.15) is 10.6 Å². The molecule has 1 aromatic rings. The average molecular weight is 299 g/mol. The number of hydrogen-bond donors (Lipinski definition) is 0. The number of carbonyl (C=O) groups is 1. The molecule has 1 heterocycles. The van der Waals surface area contributed by atoms with Crippen LogP contribution in [0.25, 0.3) is 0 Å². The number of rotatable bonds is 4. The highest BCUT2D eigenvalue weighted by molar-refractivity contribution is 7.89. The van der Waals surface area contributed by atoms with E-state index in [0.717, 1.165) is 12.8 Å². The standard InChI is InChI=1S/C13H17NO5S/c1-18-11-6-5-10(13(15)19-2)9-12(11)20(16,17)14-7-3-4-8-14/h5-6,9H,3-4,7-8H2,1-2H3. The number of benzene rings is 1. The zero-order chi connectivity index (χ0) is 14.8. The van der Waals surface area contributed by atoms with Crippen molar-refractivity contribution < 1.29 is 22.7 Å². The Morgan fingerprint density at radius 2 is 1.85 bits per heavy atom. The van der Waals surface area contributed by atoms with Crippen molar-refractivity contribution in [3.8, 4) is 5.75 Å². The molecule has 1 aliphatic heterocycles. The smallest absolute Gasteiger partial charge is 0.337 e. The molecule has 7 heteroatoms. The zero-order valence-electron chi connectivity index (χ0n) is 11.5. The fourth-order valence-electron chi connectivity index (χ4n) is 2.19. The maximum atomic E-state index is 12.6. The third-order valence-corrected chi connectivity index (χ3v) is 5.19. The molecule has 1 aliphatic rings. The Balaban J connectivity index is 2.50. The van der Waals surface area contributed by atoms with Gasteiger partial charge in [0.25, 0.3) is 0 Å². The Hall–Kier alpha value is -1.60. The predicted octanol–water partition coefficient (Wildman–Crippen LogP) is 1.27. The summed E-state index contributed by atoms with van der Waals surface area (Å²) in [6.45, 7) is 0.988. The highest BCUT2D eigenvalue weighted by Crippen LogP contribution is 2.29. The van der Waals surface area contributed by atoms with Gasteiger partial charge in [-0.15, -0.1) is 0 Å². The van der Waals surface area contributed by atoms with Gasteiger partial charge in [-0.3, -0.25) is 0 Å². The molecule has 0 spiro atoms. The summed E-state index contributed by atoms with van der Waals surface area (Å²) in [7, 11) is -0.995. The number of hydrogen-bond acceptors (Lipinski definition) is 5. The first kappa shape index (κ1) is 14.8. The maximum absolute atomic E-state index is 12.6. The Bertz CT molecular complexity index is 605. The third kappa shape index (κ3) is 2.64. The van der Waals surface area contributed by atoms with Gasteiger partial charge in [-0.25, -0.2) is 13.2 Å². The van der Waals surface area contributed by atoms with Crippen LogP contribution in [-0.2, 0) is 14.8 Å². The molecule has 0 radical (unpaired) electrons. The molecule has 0 unspecified atom stereocenters. The molecule has 0 atom stereocenters. The summed E-state index contributed by atoms with van der Waals surface area (Å²) in [6.07, 6.45) is 1.69. The van der Waals surface area contributed by atoms with Gasteiger partial charge in [-0.1, -0.05) is 0 Å². The van der Waals surface area contributed by atoms with Crippen molar-refractivity contribution >= 4 is 16.0 Å². The lowest BCUT2D eigenvalue weighted by Gasteiger charge is -2.18. The number of carbonyl (C=O) groups excluding carboxylic acids is 1. The van der Waals surface area contributed by atoms with E-state index in [0.29, 0.717) is 13.1 Å². The van der Waals surface area contributed by atoms with Crippen LogP contribution in [-0.4, -0.2) is 46.0 Å². The van der Waals surface area contributed by atoms with E-state index < -0.39 is 16.0 Å². The van der Waals surface area contributed by atoms with Crippen LogP contribution in [0, 0.1) is 0 Å². The van der Waals surface area contributed by atoms with Crippen molar-refractivity contribution in [3.05, 3.63) is 23.8 Å². The number of esters is 1. The van der Waals surface area contributed by atoms with Gasteiger partial charge in [-0.05, 0) is 31.0 Å². The van der Waals surface area contributed by atoms with E-state index in [1.54, 1.807) is 0 Å². The van der Waals surface area contributed by atoms with Gasteiger partial charge in [0.2, 0.25) is 10.0 Å². The third-order valence-electron chi connectivity index (χ3n) is 3.27. The van der Waals surface area contributed by atoms with E-state index >= 15 is 0 Å². The molecule has 0 aliphatic carbocycles. The number of sulfonamides is 1. The summed E-state index contributed by atoms with van der Waals surface area (Å²) in [4.78, 5) is 11.5. The monoisotopic (exact) mass is 299 g/mol. The molecule has 0 N–H and O–H groups in total. The van der Waals surface area contributed by atoms with E-state index in [2.05, 4.69) is 4.74 Å². The van der Waals surface area contributed by atoms with Gasteiger partial charge in [-0.2, -0.15) is 4.31 Å². The lowest BCUT2D eigenvalue weighted by molar-refractivity contribution is 0.0600. The maximum Gasteiger partial charge on any atom is 0.337 e. The van der Waals surface area contributed by atoms with Gasteiger partial charge in [0.05, 0.1) is 19.8 Å². The van der Waals surface area contributed by atoms with Crippen molar-refractivity contribution in [1.82, 2.24) is 4.31 Å². The number of nitrogens with zero attached hydrogens (tertiary/aromatic N) is 1. The number of methoxy groups -OCH3 is 2. The summed E-state index contributed by atoms with van der Waals surface area (Å²) in [5.74, 6) is -0.352. The van der Waals surface area contributed by atoms with Crippen LogP contribution in [0.15, 0.2) is 23.1 Å². The first-order valence-corrected chi connectivity index (χ1v) is 7.71. The van der Waals surface area contributed by atoms with Gasteiger partial charge in [0, 0.05) is 13.1 Å². The molecule has 1 saturated heterocycles. The number of ether oxygens (including phenoxy) is 2. The quantitative estimate of drug-likeness (QED) is 0.783. The molecule has 2 rings (SSSR count). The van der Waals surface area contributed by atoms with Crippen LogP contribution in [0.3, 0.4) is 0 Å². The Kier molecular flexibility index (Phi) is 4.29. The molecule has 0 bridgehead atoms. The van der Waals surface area contributed by atoms with E-state index in [4.69, 9.17) is 4.74 Å². The molecule has 0 aromatic heterocycles. The van der Waals surface area contributed by atoms with Crippen LogP contribution < -0.4 is 4.74 Å². The first-order valence-electron chi connectivity index (χ1n) is 6.27. The lowest BCUT2D eigenvalue weighted by Crippen LogP contribution is -2.28. The van der Waals surface area contributed by atoms with E-state index in [-0.39, 0.29) is 16.2 Å². The Morgan fingerprint density at radius 1 is 1.20 bits per heavy atom. The van der Waals surface area contributed by atoms with Crippen molar-refractivity contribution in [2.24, 2.45) is 0 Å². The minimum atomic E-state index is -3.65. The highest BCUT2D eigenvalue weighted by atomic mass is 32.2. The fraction of sp³-hybridized carbons (Fsp3) is 0.462. The molecule has 1 aromatic carbocycles. The topological polar surface area (TPSA) is 72.9 Å². The van der Waals surface area contributed by atoms with Crippen molar-refractivity contribution in [1.29, 1.82) is 0 Å². The van der Waals surface area contributed by atoms with Gasteiger partial charge >= 0.3 is 5.97 Å². The molecule has 110 valence electrons. The normalized spacial score (nSPS) is 16.1. The molecular formula is C13H17NO5S. The van der Waals surface area contributed by atoms with Gasteiger partial charge < -0.3 is 9.47 Å². The fourth-order valence-corrected chi connectivity index (χ4v) is 3.89. The molecule has 20 heavy (non-hydrogen) atoms. The summed E-state index contributed by atoms with van der Waals surface area (Å²) in [6, 6.07) is 4.25. The average Bonchev–Trinajstić information content (AvgIpc) is 3.00. The lowest BCUT2D eigenvalue weighted by atomic mass is 10.2. The van der Waals surface area contributed by atoms with Crippen LogP contribution >= 0.6 is 0 Å². The Morgan fingerprint density at radius 3 is 2.40 bits per heavy atom. The van der Waals surface area contributed by atoms with Crippen LogP contribution in [0.2, 0.25) is 0 Å². The SMILES string of the molecule is COC(=O)c1ccc(OC)c(S(=O)(=O)N2CCCC2)c1. The predicted molar refractivity (Wildman–Crippen MR) is 72.3 cm³/mol. The Labute approximate surface area is 118 Å². The van der Waals surface area contributed by atoms with Crippen molar-refractivity contribution in [2.45, 2.75) is 17.7 Å². The summed E-state index contributed by atoms with van der Waals surface area (Å²) in [5, 5.41) is 0. The van der Waals surface area contributed by atoms with E-state index in [1.807, 2.05) is 0 Å². The van der Waals surface area contributed by atoms with Crippen molar-refractivity contribution in [3.63, 3.8) is 0 Å². The second-order valence-corrected chi connectivity index (χ2v) is 6.37. The molecule has 1 fully saturated rings. The second-order valence-electron chi connectivity index (χ2n) is 4.47. The highest BCUT2D eigenvalue weighted by Gasteiger charge is 2.30. The minimum Gasteiger partial charge on any atom is -0.495 e. The molecule has 6 nitrogen and oxygen atoms in total. The molecule has 0 saturated carbocycles. The van der Waals surface area contributed by atoms with Crippen LogP contribution in [0.1, 0.15) is 23.2 Å². The second kappa shape index (κ2) is 5.80. The molecule has 0 amide bonds. The summed E-state index contributed by atoms with van der Waals surface area (Å²) >= 11 is 0. The zero-order valence-corrected chi connectivity index (χ0v) is 12.3. The minimum absolute atomic E-state index is 0.00444. The van der Waals surface area contributed by atoms with Gasteiger partial charge in [0.15, 0.2) is 0 Å². The van der Waals surface area contributed by atoms with E-state index in [1.165, 1.54) is 36.7 Å². The van der Waals surface area contributed by atoms with Crippen molar-refractivity contribution in [2.75, 3.05) is 27.3 Å². The molecular weight excluding hydrogens is 282 g/mol. The summed E-state index contributed by atoms with van der Waals surface area (Å²) < 4.78 is 36.3. The summed E-state index contributed by atoms with van der Waals surface area (Å²) in [5.41, 5.74) is 0.186. The largest absolute Gasteiger partial charge is 0.495 e. The first-order chi connectivity index (χ1) is 9.50. The van der Waals surface area contributed by atoms with E-state index in [9.17, 15) is 13.2 Å².